The maximum Gasteiger partial charge on any atom is 0.168 e. The van der Waals surface area contributed by atoms with Crippen LogP contribution in [0, 0.1) is 0 Å². The van der Waals surface area contributed by atoms with Gasteiger partial charge >= 0.3 is 0 Å². The lowest BCUT2D eigenvalue weighted by Gasteiger charge is -2.36. The Hall–Kier alpha value is -1.37. The highest BCUT2D eigenvalue weighted by Gasteiger charge is 2.40. The van der Waals surface area contributed by atoms with Gasteiger partial charge in [-0.3, -0.25) is 4.79 Å². The van der Waals surface area contributed by atoms with Gasteiger partial charge in [0.25, 0.3) is 0 Å². The first-order valence-corrected chi connectivity index (χ1v) is 6.43. The number of hydrogen-bond donors (Lipinski definition) is 0. The third kappa shape index (κ3) is 2.19. The Morgan fingerprint density at radius 3 is 2.24 bits per heavy atom. The Bertz CT molecular complexity index is 410. The molecular weight excluding hydrogens is 208 g/mol. The largest absolute Gasteiger partial charge is 0.294 e. The zero-order valence-corrected chi connectivity index (χ0v) is 10.5. The normalized spacial score (nSPS) is 18.6. The van der Waals surface area contributed by atoms with Gasteiger partial charge < -0.3 is 0 Å². The summed E-state index contributed by atoms with van der Waals surface area (Å²) >= 11 is 0. The smallest absolute Gasteiger partial charge is 0.168 e. The summed E-state index contributed by atoms with van der Waals surface area (Å²) in [7, 11) is 0. The molecule has 1 aliphatic rings. The average Bonchev–Trinajstić information content (AvgIpc) is 2.39. The van der Waals surface area contributed by atoms with Gasteiger partial charge in [0.2, 0.25) is 0 Å². The number of Topliss-reactive ketones (excluding diaryl/α,β-unsaturated/α-hetero) is 1. The van der Waals surface area contributed by atoms with Crippen LogP contribution >= 0.6 is 0 Å². The third-order valence-electron chi connectivity index (χ3n) is 3.86. The molecule has 0 unspecified atom stereocenters. The second kappa shape index (κ2) is 4.87. The lowest BCUT2D eigenvalue weighted by molar-refractivity contribution is -0.122. The molecule has 1 saturated carbocycles. The van der Waals surface area contributed by atoms with Gasteiger partial charge in [-0.2, -0.15) is 0 Å². The van der Waals surface area contributed by atoms with E-state index >= 15 is 0 Å². The fraction of sp³-hybridized carbons (Fsp3) is 0.438. The van der Waals surface area contributed by atoms with Crippen LogP contribution in [-0.4, -0.2) is 5.78 Å². The Kier molecular flexibility index (Phi) is 3.46. The van der Waals surface area contributed by atoms with E-state index in [1.807, 2.05) is 25.1 Å². The van der Waals surface area contributed by atoms with Crippen molar-refractivity contribution in [3.8, 4) is 0 Å². The molecule has 0 aromatic heterocycles. The molecule has 1 nitrogen and oxygen atoms in total. The van der Waals surface area contributed by atoms with E-state index < -0.39 is 0 Å². The summed E-state index contributed by atoms with van der Waals surface area (Å²) in [6.45, 7) is 5.69. The molecule has 1 aromatic carbocycles. The van der Waals surface area contributed by atoms with Crippen LogP contribution in [0.3, 0.4) is 0 Å². The molecule has 1 aromatic rings. The van der Waals surface area contributed by atoms with Gasteiger partial charge in [0.05, 0.1) is 5.41 Å². The number of allylic oxidation sites excluding steroid dienone is 1. The van der Waals surface area contributed by atoms with Gasteiger partial charge in [-0.15, -0.1) is 0 Å². The molecule has 0 amide bonds. The number of rotatable bonds is 3. The summed E-state index contributed by atoms with van der Waals surface area (Å²) in [5.41, 5.74) is 1.58. The molecule has 0 radical (unpaired) electrons. The molecule has 0 saturated heterocycles. The summed E-state index contributed by atoms with van der Waals surface area (Å²) in [5, 5.41) is 0. The highest BCUT2D eigenvalue weighted by atomic mass is 16.1. The topological polar surface area (TPSA) is 17.1 Å². The van der Waals surface area contributed by atoms with Crippen LogP contribution in [0.2, 0.25) is 0 Å². The van der Waals surface area contributed by atoms with E-state index in [9.17, 15) is 4.79 Å². The summed E-state index contributed by atoms with van der Waals surface area (Å²) in [6, 6.07) is 10.2. The average molecular weight is 228 g/mol. The maximum absolute atomic E-state index is 12.5. The van der Waals surface area contributed by atoms with Crippen molar-refractivity contribution in [3.05, 3.63) is 48.0 Å². The minimum Gasteiger partial charge on any atom is -0.294 e. The molecule has 0 atom stereocenters. The predicted molar refractivity (Wildman–Crippen MR) is 71.0 cm³/mol. The second-order valence-electron chi connectivity index (χ2n) is 5.12. The number of benzene rings is 1. The monoisotopic (exact) mass is 228 g/mol. The molecule has 1 heteroatoms. The van der Waals surface area contributed by atoms with E-state index in [0.29, 0.717) is 5.57 Å². The van der Waals surface area contributed by atoms with Gasteiger partial charge in [-0.25, -0.2) is 0 Å². The molecule has 0 aliphatic heterocycles. The number of carbonyl (C=O) groups excluding carboxylic acids is 1. The first kappa shape index (κ1) is 12.1. The van der Waals surface area contributed by atoms with Gasteiger partial charge in [0, 0.05) is 0 Å². The Morgan fingerprint density at radius 1 is 1.12 bits per heavy atom. The highest BCUT2D eigenvalue weighted by Crippen LogP contribution is 2.41. The summed E-state index contributed by atoms with van der Waals surface area (Å²) < 4.78 is 0. The van der Waals surface area contributed by atoms with Crippen LogP contribution in [-0.2, 0) is 10.2 Å². The van der Waals surface area contributed by atoms with Crippen molar-refractivity contribution in [1.82, 2.24) is 0 Å². The first-order valence-electron chi connectivity index (χ1n) is 6.43. The van der Waals surface area contributed by atoms with E-state index in [4.69, 9.17) is 0 Å². The fourth-order valence-corrected chi connectivity index (χ4v) is 2.97. The lowest BCUT2D eigenvalue weighted by Crippen LogP contribution is -2.38. The molecule has 0 heterocycles. The number of carbonyl (C=O) groups is 1. The molecule has 1 fully saturated rings. The van der Waals surface area contributed by atoms with Crippen molar-refractivity contribution in [2.75, 3.05) is 0 Å². The molecule has 2 rings (SSSR count). The molecule has 0 spiro atoms. The Labute approximate surface area is 104 Å². The highest BCUT2D eigenvalue weighted by molar-refractivity contribution is 6.02. The number of hydrogen-bond acceptors (Lipinski definition) is 1. The summed E-state index contributed by atoms with van der Waals surface area (Å²) in [6.07, 6.45) is 5.49. The van der Waals surface area contributed by atoms with Gasteiger partial charge in [0.1, 0.15) is 0 Å². The van der Waals surface area contributed by atoms with Crippen LogP contribution in [0.15, 0.2) is 42.5 Å². The fourth-order valence-electron chi connectivity index (χ4n) is 2.97. The Morgan fingerprint density at radius 2 is 1.71 bits per heavy atom. The van der Waals surface area contributed by atoms with Crippen LogP contribution in [0.25, 0.3) is 0 Å². The van der Waals surface area contributed by atoms with E-state index in [1.54, 1.807) is 0 Å². The molecule has 0 N–H and O–H groups in total. The minimum atomic E-state index is -0.286. The molecule has 0 bridgehead atoms. The van der Waals surface area contributed by atoms with Gasteiger partial charge in [0.15, 0.2) is 5.78 Å². The van der Waals surface area contributed by atoms with Gasteiger partial charge in [-0.1, -0.05) is 56.2 Å². The standard InChI is InChI=1S/C16H20O/c1-13(2)15(17)16(11-7-4-8-12-16)14-9-5-3-6-10-14/h3,5-6,9-10H,1,4,7-8,11-12H2,2H3. The van der Waals surface area contributed by atoms with E-state index in [2.05, 4.69) is 18.7 Å². The quantitative estimate of drug-likeness (QED) is 0.714. The van der Waals surface area contributed by atoms with Crippen LogP contribution < -0.4 is 0 Å². The SMILES string of the molecule is C=C(C)C(=O)C1(c2ccccc2)CCCCC1. The van der Waals surface area contributed by atoms with Crippen molar-refractivity contribution in [2.45, 2.75) is 44.4 Å². The molecule has 90 valence electrons. The summed E-state index contributed by atoms with van der Waals surface area (Å²) in [4.78, 5) is 12.5. The minimum absolute atomic E-state index is 0.239. The van der Waals surface area contributed by atoms with Crippen molar-refractivity contribution < 1.29 is 4.79 Å². The van der Waals surface area contributed by atoms with E-state index in [0.717, 1.165) is 25.7 Å². The van der Waals surface area contributed by atoms with Crippen LogP contribution in [0.1, 0.15) is 44.6 Å². The number of ketones is 1. The van der Waals surface area contributed by atoms with Crippen LogP contribution in [0.4, 0.5) is 0 Å². The zero-order chi connectivity index (χ0) is 12.3. The zero-order valence-electron chi connectivity index (χ0n) is 10.5. The second-order valence-corrected chi connectivity index (χ2v) is 5.12. The molecule has 17 heavy (non-hydrogen) atoms. The van der Waals surface area contributed by atoms with Crippen LogP contribution in [0.5, 0.6) is 0 Å². The lowest BCUT2D eigenvalue weighted by atomic mass is 9.65. The van der Waals surface area contributed by atoms with Crippen molar-refractivity contribution in [3.63, 3.8) is 0 Å². The van der Waals surface area contributed by atoms with Gasteiger partial charge in [-0.05, 0) is 30.9 Å². The predicted octanol–water partition coefficient (Wildman–Crippen LogP) is 4.03. The van der Waals surface area contributed by atoms with Crippen molar-refractivity contribution >= 4 is 5.78 Å². The van der Waals surface area contributed by atoms with Crippen molar-refractivity contribution in [1.29, 1.82) is 0 Å². The Balaban J connectivity index is 2.43. The van der Waals surface area contributed by atoms with Crippen molar-refractivity contribution in [2.24, 2.45) is 0 Å². The first-order chi connectivity index (χ1) is 8.17. The maximum atomic E-state index is 12.5. The molecular formula is C16H20O. The van der Waals surface area contributed by atoms with E-state index in [1.165, 1.54) is 12.0 Å². The summed E-state index contributed by atoms with van der Waals surface area (Å²) in [5.74, 6) is 0.239. The molecule has 1 aliphatic carbocycles. The van der Waals surface area contributed by atoms with E-state index in [-0.39, 0.29) is 11.2 Å². The third-order valence-corrected chi connectivity index (χ3v) is 3.86.